The first-order valence-corrected chi connectivity index (χ1v) is 21.1. The molecule has 0 aromatic heterocycles. The molecule has 63 heavy (non-hydrogen) atoms. The second-order valence-corrected chi connectivity index (χ2v) is 15.5. The van der Waals surface area contributed by atoms with E-state index in [9.17, 15) is 57.5 Å². The van der Waals surface area contributed by atoms with Crippen LogP contribution in [-0.2, 0) is 62.3 Å². The average molecular weight is 891 g/mol. The first-order valence-electron chi connectivity index (χ1n) is 21.1. The maximum atomic E-state index is 13.7. The number of ether oxygens (including phenoxy) is 1. The van der Waals surface area contributed by atoms with Crippen LogP contribution < -0.4 is 53.2 Å². The molecule has 4 aliphatic rings. The Bertz CT molecular complexity index is 1770. The molecule has 3 saturated heterocycles. The third-order valence-electron chi connectivity index (χ3n) is 10.8. The van der Waals surface area contributed by atoms with Crippen molar-refractivity contribution < 1.29 is 62.3 Å². The van der Waals surface area contributed by atoms with E-state index in [0.717, 1.165) is 0 Å². The van der Waals surface area contributed by atoms with E-state index in [-0.39, 0.29) is 58.5 Å². The maximum Gasteiger partial charge on any atom is 0.246 e. The summed E-state index contributed by atoms with van der Waals surface area (Å²) in [5.74, 6) is -8.60. The second kappa shape index (κ2) is 24.3. The summed E-state index contributed by atoms with van der Waals surface area (Å²) in [5, 5.41) is 24.2. The lowest BCUT2D eigenvalue weighted by Gasteiger charge is -2.32. The van der Waals surface area contributed by atoms with Gasteiger partial charge in [0.15, 0.2) is 0 Å². The summed E-state index contributed by atoms with van der Waals surface area (Å²) in [6.45, 7) is -1.19. The van der Waals surface area contributed by atoms with Crippen LogP contribution >= 0.6 is 0 Å². The molecule has 348 valence electrons. The fourth-order valence-electron chi connectivity index (χ4n) is 7.41. The highest BCUT2D eigenvalue weighted by Gasteiger charge is 2.45. The fraction of sp³-hybridized carbons (Fsp3) is 0.684. The van der Waals surface area contributed by atoms with Gasteiger partial charge in [0.2, 0.25) is 70.9 Å². The lowest BCUT2D eigenvalue weighted by atomic mass is 9.95. The average Bonchev–Trinajstić information content (AvgIpc) is 3.97. The van der Waals surface area contributed by atoms with Gasteiger partial charge in [-0.3, -0.25) is 57.5 Å². The van der Waals surface area contributed by atoms with Gasteiger partial charge < -0.3 is 67.7 Å². The monoisotopic (exact) mass is 890 g/mol. The molecular weight excluding hydrogens is 832 g/mol. The molecule has 25 nitrogen and oxygen atoms in total. The van der Waals surface area contributed by atoms with E-state index in [2.05, 4.69) is 53.2 Å². The molecule has 3 aliphatic heterocycles. The largest absolute Gasteiger partial charge is 0.378 e. The van der Waals surface area contributed by atoms with E-state index in [1.807, 2.05) is 0 Å². The van der Waals surface area contributed by atoms with Crippen molar-refractivity contribution in [2.24, 2.45) is 0 Å². The molecule has 1 saturated carbocycles. The predicted molar refractivity (Wildman–Crippen MR) is 216 cm³/mol. The van der Waals surface area contributed by atoms with Gasteiger partial charge in [-0.2, -0.15) is 0 Å². The third kappa shape index (κ3) is 15.5. The number of hydrogen-bond donors (Lipinski definition) is 10. The highest BCUT2D eigenvalue weighted by atomic mass is 16.5. The van der Waals surface area contributed by atoms with E-state index in [1.54, 1.807) is 6.92 Å². The number of nitrogens with one attached hydrogen (secondary N) is 10. The van der Waals surface area contributed by atoms with Crippen LogP contribution in [0.2, 0.25) is 0 Å². The van der Waals surface area contributed by atoms with Crippen molar-refractivity contribution in [1.82, 2.24) is 63.0 Å². The van der Waals surface area contributed by atoms with Crippen LogP contribution in [-0.4, -0.2) is 183 Å². The first kappa shape index (κ1) is 49.3. The van der Waals surface area contributed by atoms with Gasteiger partial charge in [0, 0.05) is 19.6 Å². The summed E-state index contributed by atoms with van der Waals surface area (Å²) in [6.07, 6.45) is 2.35. The van der Waals surface area contributed by atoms with Gasteiger partial charge >= 0.3 is 0 Å². The zero-order valence-corrected chi connectivity index (χ0v) is 35.3. The molecule has 12 amide bonds. The molecule has 4 rings (SSSR count). The van der Waals surface area contributed by atoms with Crippen LogP contribution in [0.3, 0.4) is 0 Å². The molecule has 0 aromatic rings. The minimum absolute atomic E-state index is 0.133. The van der Waals surface area contributed by atoms with Crippen LogP contribution in [0, 0.1) is 0 Å². The smallest absolute Gasteiger partial charge is 0.246 e. The zero-order valence-electron chi connectivity index (χ0n) is 35.3. The third-order valence-corrected chi connectivity index (χ3v) is 10.8. The van der Waals surface area contributed by atoms with Crippen molar-refractivity contribution in [3.8, 4) is 0 Å². The number of fused-ring (bicyclic) bond motifs is 1. The second-order valence-electron chi connectivity index (χ2n) is 15.5. The van der Waals surface area contributed by atoms with E-state index in [0.29, 0.717) is 25.7 Å². The topological polar surface area (TPSA) is 341 Å². The molecule has 0 aromatic carbocycles. The van der Waals surface area contributed by atoms with Gasteiger partial charge in [-0.05, 0) is 32.1 Å². The van der Waals surface area contributed by atoms with Gasteiger partial charge in [-0.1, -0.05) is 26.2 Å². The Hall–Kier alpha value is -6.40. The molecule has 3 atom stereocenters. The zero-order chi connectivity index (χ0) is 45.9. The fourth-order valence-corrected chi connectivity index (χ4v) is 7.41. The molecule has 1 aliphatic carbocycles. The van der Waals surface area contributed by atoms with E-state index < -0.39 is 147 Å². The summed E-state index contributed by atoms with van der Waals surface area (Å²) < 4.78 is 5.33. The molecule has 3 heterocycles. The van der Waals surface area contributed by atoms with Crippen molar-refractivity contribution >= 4 is 70.9 Å². The normalized spacial score (nSPS) is 25.3. The van der Waals surface area contributed by atoms with Crippen LogP contribution in [0.1, 0.15) is 64.7 Å². The standard InChI is InChI=1S/C38H58N12O13/c1-2-6-23-34(59)44-20-31(56)42-18-29(54)40-16-27(52)39-17-28(53)41-19-30(55)43-22-33(58)50-10-5-7-25(50)35(60)48-38(8-3-4-9-38)37(62)45-21-32(57)47-24(15-26(51)46-23)36(61)49-11-13-63-14-12-49/h23-25H,2-22H2,1H3,(H,39,52)(H,40,54)(H,41,53)(H,42,56)(H,43,55)(H,44,59)(H,45,62)(H,46,51)(H,47,57)(H,48,60). The molecule has 1 spiro atoms. The Morgan fingerprint density at radius 1 is 0.603 bits per heavy atom. The first-order chi connectivity index (χ1) is 30.1. The van der Waals surface area contributed by atoms with E-state index >= 15 is 0 Å². The predicted octanol–water partition coefficient (Wildman–Crippen LogP) is -6.75. The summed E-state index contributed by atoms with van der Waals surface area (Å²) in [6, 6.07) is -3.53. The molecule has 0 bridgehead atoms. The van der Waals surface area contributed by atoms with Crippen molar-refractivity contribution in [2.75, 3.05) is 78.7 Å². The van der Waals surface area contributed by atoms with Crippen molar-refractivity contribution in [1.29, 1.82) is 0 Å². The van der Waals surface area contributed by atoms with Crippen LogP contribution in [0.25, 0.3) is 0 Å². The number of carbonyl (C=O) groups is 12. The number of amides is 12. The molecular formula is C38H58N12O13. The highest BCUT2D eigenvalue weighted by molar-refractivity contribution is 5.99. The van der Waals surface area contributed by atoms with Gasteiger partial charge in [-0.25, -0.2) is 0 Å². The summed E-state index contributed by atoms with van der Waals surface area (Å²) in [7, 11) is 0. The SMILES string of the molecule is CCCC1NC(=O)CC(C(=O)N2CCOCC2)NC(=O)CNC(=O)C2(CCCC2)NC(=O)C2CCCN2C(=O)CNC(=O)CNC(=O)CNC(=O)CNC(=O)CNC(=O)CNC1=O. The molecule has 25 heteroatoms. The quantitative estimate of drug-likeness (QED) is 0.126. The lowest BCUT2D eigenvalue weighted by molar-refractivity contribution is -0.142. The van der Waals surface area contributed by atoms with Gasteiger partial charge in [-0.15, -0.1) is 0 Å². The van der Waals surface area contributed by atoms with Gasteiger partial charge in [0.25, 0.3) is 0 Å². The summed E-state index contributed by atoms with van der Waals surface area (Å²) in [5.41, 5.74) is -1.41. The Kier molecular flexibility index (Phi) is 19.0. The molecule has 10 N–H and O–H groups in total. The highest BCUT2D eigenvalue weighted by Crippen LogP contribution is 2.31. The minimum atomic E-state index is -1.42. The van der Waals surface area contributed by atoms with Crippen molar-refractivity contribution in [2.45, 2.75) is 88.4 Å². The number of rotatable bonds is 3. The van der Waals surface area contributed by atoms with Crippen LogP contribution in [0.4, 0.5) is 0 Å². The van der Waals surface area contributed by atoms with Crippen molar-refractivity contribution in [3.63, 3.8) is 0 Å². The number of carbonyl (C=O) groups excluding carboxylic acids is 12. The number of nitrogens with zero attached hydrogens (tertiary/aromatic N) is 2. The lowest BCUT2D eigenvalue weighted by Crippen LogP contribution is -2.62. The Labute approximate surface area is 362 Å². The summed E-state index contributed by atoms with van der Waals surface area (Å²) in [4.78, 5) is 158. The molecule has 4 fully saturated rings. The number of hydrogen-bond acceptors (Lipinski definition) is 13. The van der Waals surface area contributed by atoms with Crippen LogP contribution in [0.15, 0.2) is 0 Å². The minimum Gasteiger partial charge on any atom is -0.378 e. The van der Waals surface area contributed by atoms with Crippen LogP contribution in [0.5, 0.6) is 0 Å². The van der Waals surface area contributed by atoms with Gasteiger partial charge in [0.05, 0.1) is 65.4 Å². The van der Waals surface area contributed by atoms with E-state index in [4.69, 9.17) is 4.74 Å². The Morgan fingerprint density at radius 3 is 1.68 bits per heavy atom. The Balaban J connectivity index is 1.48. The molecule has 3 unspecified atom stereocenters. The maximum absolute atomic E-state index is 13.7. The van der Waals surface area contributed by atoms with Gasteiger partial charge in [0.1, 0.15) is 23.7 Å². The van der Waals surface area contributed by atoms with E-state index in [1.165, 1.54) is 9.80 Å². The Morgan fingerprint density at radius 2 is 1.13 bits per heavy atom. The summed E-state index contributed by atoms with van der Waals surface area (Å²) >= 11 is 0. The van der Waals surface area contributed by atoms with Crippen molar-refractivity contribution in [3.05, 3.63) is 0 Å². The molecule has 0 radical (unpaired) electrons. The number of morpholine rings is 1.